The molecule has 0 atom stereocenters. The second-order valence-electron chi connectivity index (χ2n) is 9.42. The van der Waals surface area contributed by atoms with E-state index in [9.17, 15) is 20.2 Å². The van der Waals surface area contributed by atoms with E-state index in [1.807, 2.05) is 29.2 Å². The van der Waals surface area contributed by atoms with Gasteiger partial charge in [-0.3, -0.25) is 10.0 Å². The molecule has 0 radical (unpaired) electrons. The maximum atomic E-state index is 13.0. The number of carbonyl (C=O) groups excluding carboxylic acids is 1. The van der Waals surface area contributed by atoms with Gasteiger partial charge in [-0.15, -0.1) is 11.3 Å². The molecule has 1 aliphatic carbocycles. The number of amides is 1. The number of rotatable bonds is 6. The number of carbonyl (C=O) groups is 1. The van der Waals surface area contributed by atoms with Crippen molar-refractivity contribution in [2.75, 3.05) is 22.3 Å². The van der Waals surface area contributed by atoms with Gasteiger partial charge in [-0.05, 0) is 80.8 Å². The highest BCUT2D eigenvalue weighted by molar-refractivity contribution is 8.01. The summed E-state index contributed by atoms with van der Waals surface area (Å²) < 4.78 is 5.13. The van der Waals surface area contributed by atoms with E-state index in [0.717, 1.165) is 58.2 Å². The number of piperidine rings is 1. The number of benzene rings is 2. The molecule has 8 nitrogen and oxygen atoms in total. The molecule has 2 fully saturated rings. The minimum absolute atomic E-state index is 0.0377. The Bertz CT molecular complexity index is 1160. The van der Waals surface area contributed by atoms with Gasteiger partial charge in [0.1, 0.15) is 11.2 Å². The molecule has 1 saturated heterocycles. The molecular formula is C25H30N4O4S2. The van der Waals surface area contributed by atoms with Crippen LogP contribution >= 0.6 is 23.5 Å². The van der Waals surface area contributed by atoms with Crippen LogP contribution < -0.4 is 9.19 Å². The molecule has 1 amide bonds. The lowest BCUT2D eigenvalue weighted by Gasteiger charge is -2.45. The van der Waals surface area contributed by atoms with E-state index in [0.29, 0.717) is 37.2 Å². The zero-order chi connectivity index (χ0) is 24.4. The SMILES string of the molecule is O=C(c1ccc(NSN(O)c2cccc3scnc23)cc1)N1CCC(O)(C2CCC(O)CC2)CC1. The summed E-state index contributed by atoms with van der Waals surface area (Å²) >= 11 is 2.54. The van der Waals surface area contributed by atoms with Crippen molar-refractivity contribution >= 4 is 51.0 Å². The summed E-state index contributed by atoms with van der Waals surface area (Å²) in [6.07, 6.45) is 4.12. The van der Waals surface area contributed by atoms with Gasteiger partial charge >= 0.3 is 0 Å². The minimum Gasteiger partial charge on any atom is -0.393 e. The Morgan fingerprint density at radius 3 is 2.54 bits per heavy atom. The van der Waals surface area contributed by atoms with E-state index in [1.165, 1.54) is 11.3 Å². The number of aromatic nitrogens is 1. The minimum atomic E-state index is -0.735. The second kappa shape index (κ2) is 10.3. The third kappa shape index (κ3) is 5.26. The number of fused-ring (bicyclic) bond motifs is 1. The van der Waals surface area contributed by atoms with Crippen LogP contribution in [0.2, 0.25) is 0 Å². The number of anilines is 2. The van der Waals surface area contributed by atoms with Crippen LogP contribution in [-0.4, -0.2) is 56.0 Å². The van der Waals surface area contributed by atoms with Crippen LogP contribution in [0.3, 0.4) is 0 Å². The predicted octanol–water partition coefficient (Wildman–Crippen LogP) is 4.69. The van der Waals surface area contributed by atoms with Crippen molar-refractivity contribution in [2.24, 2.45) is 5.92 Å². The topological polar surface area (TPSA) is 109 Å². The van der Waals surface area contributed by atoms with Gasteiger partial charge in [0.25, 0.3) is 5.91 Å². The number of para-hydroxylation sites is 1. The molecule has 0 unspecified atom stereocenters. The quantitative estimate of drug-likeness (QED) is 0.277. The number of likely N-dealkylation sites (tertiary alicyclic amines) is 1. The molecule has 2 heterocycles. The Kier molecular flexibility index (Phi) is 7.17. The van der Waals surface area contributed by atoms with Gasteiger partial charge in [0.2, 0.25) is 0 Å². The molecule has 0 bridgehead atoms. The Balaban J connectivity index is 1.14. The monoisotopic (exact) mass is 514 g/mol. The third-order valence-corrected chi connectivity index (χ3v) is 8.79. The van der Waals surface area contributed by atoms with Crippen LogP contribution in [0.5, 0.6) is 0 Å². The molecule has 35 heavy (non-hydrogen) atoms. The van der Waals surface area contributed by atoms with Crippen molar-refractivity contribution in [1.29, 1.82) is 0 Å². The average molecular weight is 515 g/mol. The molecule has 3 aromatic rings. The summed E-state index contributed by atoms with van der Waals surface area (Å²) in [6.45, 7) is 1.07. The summed E-state index contributed by atoms with van der Waals surface area (Å²) in [5.74, 6) is 0.170. The zero-order valence-corrected chi connectivity index (χ0v) is 21.0. The van der Waals surface area contributed by atoms with Crippen molar-refractivity contribution < 1.29 is 20.2 Å². The zero-order valence-electron chi connectivity index (χ0n) is 19.3. The van der Waals surface area contributed by atoms with Gasteiger partial charge < -0.3 is 19.8 Å². The first-order valence-electron chi connectivity index (χ1n) is 12.0. The Morgan fingerprint density at radius 1 is 1.11 bits per heavy atom. The van der Waals surface area contributed by atoms with Crippen LogP contribution in [-0.2, 0) is 0 Å². The number of aliphatic hydroxyl groups excluding tert-OH is 1. The highest BCUT2D eigenvalue weighted by Crippen LogP contribution is 2.39. The molecule has 10 heteroatoms. The Labute approximate surface area is 212 Å². The van der Waals surface area contributed by atoms with Gasteiger partial charge in [-0.1, -0.05) is 6.07 Å². The molecule has 0 spiro atoms. The van der Waals surface area contributed by atoms with Crippen LogP contribution in [0.1, 0.15) is 48.9 Å². The fourth-order valence-electron chi connectivity index (χ4n) is 5.15. The molecule has 2 aromatic carbocycles. The van der Waals surface area contributed by atoms with Crippen LogP contribution in [0.25, 0.3) is 10.2 Å². The summed E-state index contributed by atoms with van der Waals surface area (Å²) in [4.78, 5) is 19.2. The maximum absolute atomic E-state index is 13.0. The Morgan fingerprint density at radius 2 is 1.83 bits per heavy atom. The number of thiazole rings is 1. The van der Waals surface area contributed by atoms with Crippen molar-refractivity contribution in [3.63, 3.8) is 0 Å². The first-order valence-corrected chi connectivity index (χ1v) is 13.6. The smallest absolute Gasteiger partial charge is 0.253 e. The molecule has 186 valence electrons. The lowest BCUT2D eigenvalue weighted by atomic mass is 9.71. The maximum Gasteiger partial charge on any atom is 0.253 e. The predicted molar refractivity (Wildman–Crippen MR) is 140 cm³/mol. The van der Waals surface area contributed by atoms with Gasteiger partial charge in [0.05, 0.1) is 34.0 Å². The first kappa shape index (κ1) is 24.3. The molecule has 1 aromatic heterocycles. The number of nitrogens with one attached hydrogen (secondary N) is 1. The van der Waals surface area contributed by atoms with Crippen molar-refractivity contribution in [3.8, 4) is 0 Å². The molecule has 2 aliphatic rings. The fraction of sp³-hybridized carbons (Fsp3) is 0.440. The standard InChI is InChI=1S/C25H30N4O4S2/c30-20-10-6-18(7-11-20)25(32)12-14-28(15-13-25)24(31)17-4-8-19(9-5-17)27-35-29(33)21-2-1-3-22-23(21)26-16-34-22/h1-5,8-9,16,18,20,27,30,32-33H,6-7,10-15H2. The first-order chi connectivity index (χ1) is 16.9. The number of hydrogen-bond donors (Lipinski definition) is 4. The molecule has 5 rings (SSSR count). The van der Waals surface area contributed by atoms with Crippen LogP contribution in [0.4, 0.5) is 11.4 Å². The summed E-state index contributed by atoms with van der Waals surface area (Å²) in [5, 5.41) is 31.4. The van der Waals surface area contributed by atoms with Gasteiger partial charge in [-0.25, -0.2) is 4.98 Å². The number of nitrogens with zero attached hydrogens (tertiary/aromatic N) is 3. The van der Waals surface area contributed by atoms with Crippen LogP contribution in [0, 0.1) is 5.92 Å². The molecule has 1 saturated carbocycles. The number of aliphatic hydroxyl groups is 2. The summed E-state index contributed by atoms with van der Waals surface area (Å²) in [6, 6.07) is 12.8. The average Bonchev–Trinajstić information content (AvgIpc) is 3.37. The van der Waals surface area contributed by atoms with Gasteiger partial charge in [-0.2, -0.15) is 4.47 Å². The molecule has 1 aliphatic heterocycles. The van der Waals surface area contributed by atoms with Crippen molar-refractivity contribution in [3.05, 3.63) is 53.5 Å². The Hall–Kier alpha value is -2.37. The van der Waals surface area contributed by atoms with Gasteiger partial charge in [0, 0.05) is 24.3 Å². The van der Waals surface area contributed by atoms with E-state index < -0.39 is 5.60 Å². The lowest BCUT2D eigenvalue weighted by molar-refractivity contribution is -0.0813. The summed E-state index contributed by atoms with van der Waals surface area (Å²) in [5.41, 5.74) is 3.71. The largest absolute Gasteiger partial charge is 0.393 e. The van der Waals surface area contributed by atoms with Crippen LogP contribution in [0.15, 0.2) is 48.0 Å². The van der Waals surface area contributed by atoms with E-state index in [1.54, 1.807) is 23.7 Å². The third-order valence-electron chi connectivity index (χ3n) is 7.30. The van der Waals surface area contributed by atoms with Gasteiger partial charge in [0.15, 0.2) is 0 Å². The fourth-order valence-corrected chi connectivity index (χ4v) is 6.42. The normalized spacial score (nSPS) is 22.2. The van der Waals surface area contributed by atoms with E-state index in [4.69, 9.17) is 0 Å². The molecular weight excluding hydrogens is 484 g/mol. The van der Waals surface area contributed by atoms with E-state index in [-0.39, 0.29) is 17.9 Å². The highest BCUT2D eigenvalue weighted by atomic mass is 32.2. The van der Waals surface area contributed by atoms with E-state index in [2.05, 4.69) is 9.71 Å². The highest BCUT2D eigenvalue weighted by Gasteiger charge is 2.41. The lowest BCUT2D eigenvalue weighted by Crippen LogP contribution is -2.51. The second-order valence-corrected chi connectivity index (χ2v) is 11.0. The number of hydrogen-bond acceptors (Lipinski definition) is 9. The molecule has 4 N–H and O–H groups in total. The summed E-state index contributed by atoms with van der Waals surface area (Å²) in [7, 11) is 0. The van der Waals surface area contributed by atoms with Crippen molar-refractivity contribution in [2.45, 2.75) is 50.2 Å². The van der Waals surface area contributed by atoms with E-state index >= 15 is 0 Å². The van der Waals surface area contributed by atoms with Crippen molar-refractivity contribution in [1.82, 2.24) is 9.88 Å².